The molecule has 10 heteroatoms. The Morgan fingerprint density at radius 1 is 0.972 bits per heavy atom. The highest BCUT2D eigenvalue weighted by atomic mass is 16.2. The van der Waals surface area contributed by atoms with E-state index in [0.717, 1.165) is 24.1 Å². The van der Waals surface area contributed by atoms with E-state index in [0.29, 0.717) is 49.2 Å². The summed E-state index contributed by atoms with van der Waals surface area (Å²) in [5.74, 6) is 0.395. The predicted molar refractivity (Wildman–Crippen MR) is 143 cm³/mol. The summed E-state index contributed by atoms with van der Waals surface area (Å²) in [4.78, 5) is 37.2. The summed E-state index contributed by atoms with van der Waals surface area (Å²) in [5.41, 5.74) is 2.96. The van der Waals surface area contributed by atoms with Gasteiger partial charge in [0.25, 0.3) is 5.91 Å². The number of hydrogen-bond acceptors (Lipinski definition) is 8. The summed E-state index contributed by atoms with van der Waals surface area (Å²) in [5, 5.41) is 15.3. The lowest BCUT2D eigenvalue weighted by atomic mass is 10.2. The van der Waals surface area contributed by atoms with E-state index >= 15 is 0 Å². The molecule has 10 nitrogen and oxygen atoms in total. The molecule has 188 valence electrons. The second-order valence-corrected chi connectivity index (χ2v) is 7.87. The summed E-state index contributed by atoms with van der Waals surface area (Å²) in [6.45, 7) is 7.78. The molecule has 1 aromatic carbocycles. The lowest BCUT2D eigenvalue weighted by molar-refractivity contribution is -0.116. The van der Waals surface area contributed by atoms with Crippen LogP contribution in [0.2, 0.25) is 0 Å². The van der Waals surface area contributed by atoms with E-state index in [1.165, 1.54) is 12.3 Å². The highest BCUT2D eigenvalue weighted by Gasteiger charge is 2.15. The average molecular weight is 489 g/mol. The molecule has 2 amide bonds. The van der Waals surface area contributed by atoms with Crippen molar-refractivity contribution in [2.45, 2.75) is 19.8 Å². The van der Waals surface area contributed by atoms with Crippen LogP contribution in [0.5, 0.6) is 0 Å². The molecule has 0 saturated carbocycles. The van der Waals surface area contributed by atoms with E-state index in [1.54, 1.807) is 18.5 Å². The fourth-order valence-electron chi connectivity index (χ4n) is 3.25. The number of benzene rings is 1. The fraction of sp³-hybridized carbons (Fsp3) is 0.269. The van der Waals surface area contributed by atoms with Gasteiger partial charge in [0.2, 0.25) is 11.9 Å². The SMILES string of the molecule is C=CC(=O)NCCNc1cccc(NC(=O)c2cnc(NCCc3ccncc3)nc2NCCC)c1. The van der Waals surface area contributed by atoms with Crippen molar-refractivity contribution in [3.63, 3.8) is 0 Å². The number of nitrogens with zero attached hydrogens (tertiary/aromatic N) is 3. The summed E-state index contributed by atoms with van der Waals surface area (Å²) in [7, 11) is 0. The maximum Gasteiger partial charge on any atom is 0.260 e. The van der Waals surface area contributed by atoms with Gasteiger partial charge in [-0.25, -0.2) is 4.98 Å². The first-order chi connectivity index (χ1) is 17.6. The highest BCUT2D eigenvalue weighted by Crippen LogP contribution is 2.19. The Hall–Kier alpha value is -4.47. The van der Waals surface area contributed by atoms with Crippen LogP contribution in [0.25, 0.3) is 0 Å². The number of rotatable bonds is 14. The third-order valence-electron chi connectivity index (χ3n) is 5.08. The monoisotopic (exact) mass is 488 g/mol. The molecule has 2 heterocycles. The Bertz CT molecular complexity index is 1150. The Labute approximate surface area is 211 Å². The number of carbonyl (C=O) groups excluding carboxylic acids is 2. The lowest BCUT2D eigenvalue weighted by Gasteiger charge is -2.13. The van der Waals surface area contributed by atoms with E-state index < -0.39 is 0 Å². The average Bonchev–Trinajstić information content (AvgIpc) is 2.90. The molecular formula is C26H32N8O2. The van der Waals surface area contributed by atoms with Crippen molar-refractivity contribution < 1.29 is 9.59 Å². The van der Waals surface area contributed by atoms with Gasteiger partial charge in [0.1, 0.15) is 11.4 Å². The molecule has 36 heavy (non-hydrogen) atoms. The second-order valence-electron chi connectivity index (χ2n) is 7.87. The number of amides is 2. The topological polar surface area (TPSA) is 133 Å². The van der Waals surface area contributed by atoms with Crippen molar-refractivity contribution >= 4 is 35.0 Å². The normalized spacial score (nSPS) is 10.2. The number of nitrogens with one attached hydrogen (secondary N) is 5. The molecule has 0 spiro atoms. The standard InChI is InChI=1S/C26H32N8O2/c1-3-11-30-24-22(18-32-26(34-24)31-14-10-19-8-12-27-13-9-19)25(36)33-21-7-5-6-20(17-21)28-15-16-29-23(35)4-2/h4-9,12-13,17-18,28H,2-3,10-11,14-16H2,1H3,(H,29,35)(H,33,36)(H2,30,31,32,34). The Morgan fingerprint density at radius 2 is 1.78 bits per heavy atom. The van der Waals surface area contributed by atoms with Crippen LogP contribution in [0.15, 0.2) is 67.6 Å². The van der Waals surface area contributed by atoms with Crippen molar-refractivity contribution in [2.75, 3.05) is 47.4 Å². The number of aromatic nitrogens is 3. The first-order valence-electron chi connectivity index (χ1n) is 11.9. The first-order valence-corrected chi connectivity index (χ1v) is 11.9. The largest absolute Gasteiger partial charge is 0.383 e. The molecule has 0 fully saturated rings. The maximum absolute atomic E-state index is 13.1. The summed E-state index contributed by atoms with van der Waals surface area (Å²) < 4.78 is 0. The van der Waals surface area contributed by atoms with Crippen LogP contribution in [0.3, 0.4) is 0 Å². The van der Waals surface area contributed by atoms with Crippen LogP contribution in [0.4, 0.5) is 23.1 Å². The molecule has 0 bridgehead atoms. The van der Waals surface area contributed by atoms with Gasteiger partial charge in [-0.05, 0) is 54.8 Å². The number of carbonyl (C=O) groups is 2. The van der Waals surface area contributed by atoms with Crippen LogP contribution in [-0.4, -0.2) is 52.9 Å². The smallest absolute Gasteiger partial charge is 0.260 e. The van der Waals surface area contributed by atoms with Crippen LogP contribution < -0.4 is 26.6 Å². The molecule has 3 aromatic rings. The van der Waals surface area contributed by atoms with Gasteiger partial charge in [-0.1, -0.05) is 19.6 Å². The molecule has 3 rings (SSSR count). The van der Waals surface area contributed by atoms with Crippen molar-refractivity contribution in [2.24, 2.45) is 0 Å². The minimum Gasteiger partial charge on any atom is -0.383 e. The van der Waals surface area contributed by atoms with E-state index in [2.05, 4.69) is 48.1 Å². The van der Waals surface area contributed by atoms with Crippen molar-refractivity contribution in [1.82, 2.24) is 20.3 Å². The molecule has 0 unspecified atom stereocenters. The van der Waals surface area contributed by atoms with E-state index in [4.69, 9.17) is 0 Å². The van der Waals surface area contributed by atoms with E-state index in [1.807, 2.05) is 37.3 Å². The minimum absolute atomic E-state index is 0.220. The molecule has 0 saturated heterocycles. The minimum atomic E-state index is -0.313. The van der Waals surface area contributed by atoms with Crippen molar-refractivity contribution in [3.8, 4) is 0 Å². The van der Waals surface area contributed by atoms with Crippen LogP contribution in [-0.2, 0) is 11.2 Å². The Kier molecular flexibility index (Phi) is 10.2. The zero-order valence-corrected chi connectivity index (χ0v) is 20.4. The Morgan fingerprint density at radius 3 is 2.56 bits per heavy atom. The summed E-state index contributed by atoms with van der Waals surface area (Å²) in [6, 6.07) is 11.3. The van der Waals surface area contributed by atoms with Crippen molar-refractivity contribution in [3.05, 3.63) is 78.8 Å². The predicted octanol–water partition coefficient (Wildman–Crippen LogP) is 3.31. The molecule has 0 atom stereocenters. The van der Waals surface area contributed by atoms with Crippen LogP contribution >= 0.6 is 0 Å². The third-order valence-corrected chi connectivity index (χ3v) is 5.08. The molecule has 0 aliphatic heterocycles. The zero-order chi connectivity index (χ0) is 25.6. The lowest BCUT2D eigenvalue weighted by Crippen LogP contribution is -2.26. The van der Waals surface area contributed by atoms with Crippen LogP contribution in [0.1, 0.15) is 29.3 Å². The van der Waals surface area contributed by atoms with E-state index in [-0.39, 0.29) is 11.8 Å². The molecule has 2 aromatic heterocycles. The molecule has 0 aliphatic carbocycles. The van der Waals surface area contributed by atoms with Gasteiger partial charge >= 0.3 is 0 Å². The number of pyridine rings is 1. The first kappa shape index (κ1) is 26.1. The molecule has 5 N–H and O–H groups in total. The zero-order valence-electron chi connectivity index (χ0n) is 20.4. The number of anilines is 4. The molecule has 0 aliphatic rings. The van der Waals surface area contributed by atoms with Gasteiger partial charge in [0.15, 0.2) is 0 Å². The van der Waals surface area contributed by atoms with Gasteiger partial charge in [-0.15, -0.1) is 0 Å². The maximum atomic E-state index is 13.1. The summed E-state index contributed by atoms with van der Waals surface area (Å²) in [6.07, 6.45) is 7.98. The van der Waals surface area contributed by atoms with Gasteiger partial charge in [-0.3, -0.25) is 14.6 Å². The number of hydrogen-bond donors (Lipinski definition) is 5. The second kappa shape index (κ2) is 14.1. The van der Waals surface area contributed by atoms with Gasteiger partial charge in [0, 0.05) is 56.1 Å². The van der Waals surface area contributed by atoms with E-state index in [9.17, 15) is 9.59 Å². The van der Waals surface area contributed by atoms with Gasteiger partial charge in [0.05, 0.1) is 0 Å². The Balaban J connectivity index is 1.61. The van der Waals surface area contributed by atoms with Gasteiger partial charge in [-0.2, -0.15) is 4.98 Å². The van der Waals surface area contributed by atoms with Crippen LogP contribution in [0, 0.1) is 0 Å². The molecule has 0 radical (unpaired) electrons. The third kappa shape index (κ3) is 8.39. The van der Waals surface area contributed by atoms with Crippen molar-refractivity contribution in [1.29, 1.82) is 0 Å². The quantitative estimate of drug-likeness (QED) is 0.172. The highest BCUT2D eigenvalue weighted by molar-refractivity contribution is 6.07. The molecular weight excluding hydrogens is 456 g/mol. The summed E-state index contributed by atoms with van der Waals surface area (Å²) >= 11 is 0. The van der Waals surface area contributed by atoms with Gasteiger partial charge < -0.3 is 26.6 Å². The fourth-order valence-corrected chi connectivity index (χ4v) is 3.25.